The van der Waals surface area contributed by atoms with Crippen LogP contribution >= 0.6 is 0 Å². The summed E-state index contributed by atoms with van der Waals surface area (Å²) in [6, 6.07) is 5.03. The Bertz CT molecular complexity index is 468. The van der Waals surface area contributed by atoms with Crippen molar-refractivity contribution in [3.8, 4) is 0 Å². The largest absolute Gasteiger partial charge is 0.418 e. The highest BCUT2D eigenvalue weighted by Crippen LogP contribution is 2.34. The summed E-state index contributed by atoms with van der Waals surface area (Å²) in [5.74, 6) is -0.381. The molecule has 1 aromatic rings. The summed E-state index contributed by atoms with van der Waals surface area (Å²) in [7, 11) is 0. The van der Waals surface area contributed by atoms with E-state index >= 15 is 0 Å². The predicted molar refractivity (Wildman–Crippen MR) is 70.4 cm³/mol. The molecule has 1 aliphatic rings. The monoisotopic (exact) mass is 286 g/mol. The van der Waals surface area contributed by atoms with Crippen LogP contribution in [0.2, 0.25) is 0 Å². The molecule has 0 radical (unpaired) electrons. The number of carbonyl (C=O) groups is 1. The number of amides is 1. The number of benzene rings is 1. The van der Waals surface area contributed by atoms with Crippen molar-refractivity contribution in [2.75, 3.05) is 25.0 Å². The Morgan fingerprint density at radius 3 is 2.50 bits per heavy atom. The normalized spacial score (nSPS) is 16.4. The lowest BCUT2D eigenvalue weighted by Crippen LogP contribution is -2.25. The van der Waals surface area contributed by atoms with Gasteiger partial charge in [0.05, 0.1) is 11.3 Å². The Labute approximate surface area is 115 Å². The molecule has 0 saturated carbocycles. The van der Waals surface area contributed by atoms with Crippen LogP contribution in [0.4, 0.5) is 18.9 Å². The SMILES string of the molecule is O=C(CCN1CCCC1)Nc1ccccc1C(F)(F)F. The Balaban J connectivity index is 1.93. The highest BCUT2D eigenvalue weighted by molar-refractivity contribution is 5.91. The summed E-state index contributed by atoms with van der Waals surface area (Å²) in [5.41, 5.74) is -0.985. The molecule has 1 saturated heterocycles. The van der Waals surface area contributed by atoms with Crippen molar-refractivity contribution in [2.24, 2.45) is 0 Å². The van der Waals surface area contributed by atoms with Gasteiger partial charge in [-0.25, -0.2) is 0 Å². The summed E-state index contributed by atoms with van der Waals surface area (Å²) in [4.78, 5) is 13.9. The minimum Gasteiger partial charge on any atom is -0.325 e. The average Bonchev–Trinajstić information content (AvgIpc) is 2.89. The van der Waals surface area contributed by atoms with E-state index in [-0.39, 0.29) is 18.0 Å². The van der Waals surface area contributed by atoms with Crippen LogP contribution in [0.15, 0.2) is 24.3 Å². The molecule has 0 unspecified atom stereocenters. The van der Waals surface area contributed by atoms with Gasteiger partial charge in [-0.15, -0.1) is 0 Å². The molecule has 1 fully saturated rings. The first-order chi connectivity index (χ1) is 9.47. The lowest BCUT2D eigenvalue weighted by molar-refractivity contribution is -0.137. The Hall–Kier alpha value is -1.56. The first kappa shape index (κ1) is 14.8. The smallest absolute Gasteiger partial charge is 0.325 e. The standard InChI is InChI=1S/C14H17F3N2O/c15-14(16,17)11-5-1-2-6-12(11)18-13(20)7-10-19-8-3-4-9-19/h1-2,5-6H,3-4,7-10H2,(H,18,20). The zero-order chi connectivity index (χ0) is 14.6. The predicted octanol–water partition coefficient (Wildman–Crippen LogP) is 3.13. The lowest BCUT2D eigenvalue weighted by atomic mass is 10.1. The topological polar surface area (TPSA) is 32.3 Å². The number of carbonyl (C=O) groups excluding carboxylic acids is 1. The average molecular weight is 286 g/mol. The second-order valence-corrected chi connectivity index (χ2v) is 4.89. The maximum atomic E-state index is 12.8. The van der Waals surface area contributed by atoms with Crippen LogP contribution in [0.25, 0.3) is 0 Å². The zero-order valence-electron chi connectivity index (χ0n) is 11.0. The molecule has 0 aliphatic carbocycles. The van der Waals surface area contributed by atoms with E-state index < -0.39 is 11.7 Å². The Kier molecular flexibility index (Phi) is 4.65. The van der Waals surface area contributed by atoms with Gasteiger partial charge in [-0.3, -0.25) is 4.79 Å². The van der Waals surface area contributed by atoms with E-state index in [1.807, 2.05) is 0 Å². The first-order valence-corrected chi connectivity index (χ1v) is 6.65. The molecule has 0 atom stereocenters. The van der Waals surface area contributed by atoms with Gasteiger partial charge in [0, 0.05) is 13.0 Å². The molecule has 2 rings (SSSR count). The number of anilines is 1. The van der Waals surface area contributed by atoms with Crippen molar-refractivity contribution >= 4 is 11.6 Å². The molecule has 1 amide bonds. The zero-order valence-corrected chi connectivity index (χ0v) is 11.0. The van der Waals surface area contributed by atoms with Gasteiger partial charge in [-0.2, -0.15) is 13.2 Å². The molecule has 1 heterocycles. The van der Waals surface area contributed by atoms with E-state index in [1.165, 1.54) is 18.2 Å². The molecular formula is C14H17F3N2O. The van der Waals surface area contributed by atoms with Crippen molar-refractivity contribution in [3.05, 3.63) is 29.8 Å². The van der Waals surface area contributed by atoms with Crippen LogP contribution in [-0.2, 0) is 11.0 Å². The highest BCUT2D eigenvalue weighted by atomic mass is 19.4. The number of hydrogen-bond acceptors (Lipinski definition) is 2. The number of nitrogens with zero attached hydrogens (tertiary/aromatic N) is 1. The number of nitrogens with one attached hydrogen (secondary N) is 1. The second kappa shape index (κ2) is 6.26. The van der Waals surface area contributed by atoms with Gasteiger partial charge >= 0.3 is 6.18 Å². The van der Waals surface area contributed by atoms with Crippen molar-refractivity contribution in [3.63, 3.8) is 0 Å². The maximum absolute atomic E-state index is 12.8. The minimum atomic E-state index is -4.46. The van der Waals surface area contributed by atoms with Crippen LogP contribution in [0.1, 0.15) is 24.8 Å². The minimum absolute atomic E-state index is 0.175. The highest BCUT2D eigenvalue weighted by Gasteiger charge is 2.33. The number of hydrogen-bond donors (Lipinski definition) is 1. The van der Waals surface area contributed by atoms with Crippen LogP contribution in [0.3, 0.4) is 0 Å². The molecule has 1 aromatic carbocycles. The molecule has 6 heteroatoms. The Morgan fingerprint density at radius 1 is 1.20 bits per heavy atom. The molecule has 3 nitrogen and oxygen atoms in total. The van der Waals surface area contributed by atoms with Gasteiger partial charge in [0.1, 0.15) is 0 Å². The van der Waals surface area contributed by atoms with Crippen LogP contribution in [0.5, 0.6) is 0 Å². The van der Waals surface area contributed by atoms with Gasteiger partial charge in [0.25, 0.3) is 0 Å². The van der Waals surface area contributed by atoms with E-state index in [0.717, 1.165) is 32.0 Å². The van der Waals surface area contributed by atoms with Crippen molar-refractivity contribution in [1.29, 1.82) is 0 Å². The fraction of sp³-hybridized carbons (Fsp3) is 0.500. The Morgan fingerprint density at radius 2 is 1.85 bits per heavy atom. The van der Waals surface area contributed by atoms with E-state index in [2.05, 4.69) is 10.2 Å². The second-order valence-electron chi connectivity index (χ2n) is 4.89. The summed E-state index contributed by atoms with van der Waals surface area (Å²) >= 11 is 0. The molecule has 0 spiro atoms. The number of rotatable bonds is 4. The third kappa shape index (κ3) is 3.96. The van der Waals surface area contributed by atoms with Gasteiger partial charge in [0.15, 0.2) is 0 Å². The van der Waals surface area contributed by atoms with Crippen molar-refractivity contribution < 1.29 is 18.0 Å². The first-order valence-electron chi connectivity index (χ1n) is 6.65. The van der Waals surface area contributed by atoms with Crippen molar-refractivity contribution in [1.82, 2.24) is 4.90 Å². The molecule has 110 valence electrons. The van der Waals surface area contributed by atoms with E-state index in [4.69, 9.17) is 0 Å². The van der Waals surface area contributed by atoms with Crippen LogP contribution < -0.4 is 5.32 Å². The van der Waals surface area contributed by atoms with Gasteiger partial charge in [0.2, 0.25) is 5.91 Å². The summed E-state index contributed by atoms with van der Waals surface area (Å²) in [6.07, 6.45) is -2.00. The molecule has 0 bridgehead atoms. The maximum Gasteiger partial charge on any atom is 0.418 e. The fourth-order valence-corrected chi connectivity index (χ4v) is 2.32. The third-order valence-corrected chi connectivity index (χ3v) is 3.36. The quantitative estimate of drug-likeness (QED) is 0.922. The third-order valence-electron chi connectivity index (χ3n) is 3.36. The molecule has 0 aromatic heterocycles. The van der Waals surface area contributed by atoms with Crippen LogP contribution in [-0.4, -0.2) is 30.4 Å². The lowest BCUT2D eigenvalue weighted by Gasteiger charge is -2.16. The summed E-state index contributed by atoms with van der Waals surface area (Å²) < 4.78 is 38.3. The van der Waals surface area contributed by atoms with Crippen LogP contribution in [0, 0.1) is 0 Å². The summed E-state index contributed by atoms with van der Waals surface area (Å²) in [5, 5.41) is 2.36. The molecular weight excluding hydrogens is 269 g/mol. The van der Waals surface area contributed by atoms with E-state index in [1.54, 1.807) is 0 Å². The van der Waals surface area contributed by atoms with Crippen molar-refractivity contribution in [2.45, 2.75) is 25.4 Å². The van der Waals surface area contributed by atoms with Gasteiger partial charge < -0.3 is 10.2 Å². The number of likely N-dealkylation sites (tertiary alicyclic amines) is 1. The number of halogens is 3. The van der Waals surface area contributed by atoms with Gasteiger partial charge in [-0.1, -0.05) is 12.1 Å². The number of alkyl halides is 3. The van der Waals surface area contributed by atoms with E-state index in [0.29, 0.717) is 6.54 Å². The van der Waals surface area contributed by atoms with E-state index in [9.17, 15) is 18.0 Å². The fourth-order valence-electron chi connectivity index (χ4n) is 2.32. The summed E-state index contributed by atoms with van der Waals surface area (Å²) in [6.45, 7) is 2.53. The molecule has 1 aliphatic heterocycles. The molecule has 20 heavy (non-hydrogen) atoms. The molecule has 1 N–H and O–H groups in total. The number of para-hydroxylation sites is 1. The van der Waals surface area contributed by atoms with Gasteiger partial charge in [-0.05, 0) is 38.1 Å².